The summed E-state index contributed by atoms with van der Waals surface area (Å²) in [5.41, 5.74) is 3.55. The van der Waals surface area contributed by atoms with E-state index in [2.05, 4.69) is 37.3 Å². The number of benzene rings is 2. The van der Waals surface area contributed by atoms with Crippen LogP contribution in [0.5, 0.6) is 0 Å². The monoisotopic (exact) mass is 249 g/mol. The molecule has 1 radical (unpaired) electrons. The molecule has 0 spiro atoms. The van der Waals surface area contributed by atoms with Gasteiger partial charge in [0, 0.05) is 6.07 Å². The predicted octanol–water partition coefficient (Wildman–Crippen LogP) is 4.69. The molecule has 16 heavy (non-hydrogen) atoms. The zero-order valence-electron chi connectivity index (χ0n) is 8.93. The van der Waals surface area contributed by atoms with Gasteiger partial charge in [-0.2, -0.15) is 0 Å². The minimum Gasteiger partial charge on any atom is -0.0836 e. The Balaban J connectivity index is 2.23. The van der Waals surface area contributed by atoms with Crippen LogP contribution in [0, 0.1) is 13.0 Å². The summed E-state index contributed by atoms with van der Waals surface area (Å²) < 4.78 is 0. The van der Waals surface area contributed by atoms with Crippen molar-refractivity contribution in [1.82, 2.24) is 0 Å². The molecular weight excluding hydrogens is 239 g/mol. The summed E-state index contributed by atoms with van der Waals surface area (Å²) in [6, 6.07) is 15.1. The van der Waals surface area contributed by atoms with Crippen molar-refractivity contribution in [3.05, 3.63) is 69.2 Å². The van der Waals surface area contributed by atoms with Gasteiger partial charge in [0.1, 0.15) is 0 Å². The van der Waals surface area contributed by atoms with Gasteiger partial charge in [-0.15, -0.1) is 0 Å². The number of aryl methyl sites for hydroxylation is 1. The van der Waals surface area contributed by atoms with E-state index in [9.17, 15) is 0 Å². The second-order valence-corrected chi connectivity index (χ2v) is 4.59. The van der Waals surface area contributed by atoms with Gasteiger partial charge in [-0.3, -0.25) is 0 Å². The highest BCUT2D eigenvalue weighted by molar-refractivity contribution is 6.34. The molecule has 2 aromatic rings. The van der Waals surface area contributed by atoms with Gasteiger partial charge in [0.2, 0.25) is 0 Å². The zero-order valence-corrected chi connectivity index (χ0v) is 10.4. The Morgan fingerprint density at radius 1 is 1.00 bits per heavy atom. The van der Waals surface area contributed by atoms with Crippen LogP contribution in [0.3, 0.4) is 0 Å². The molecule has 2 rings (SSSR count). The SMILES string of the molecule is Cc1ccc(Cc2ccc(Cl)[c]c2Cl)cc1. The average Bonchev–Trinajstić information content (AvgIpc) is 2.25. The van der Waals surface area contributed by atoms with Crippen LogP contribution in [0.25, 0.3) is 0 Å². The second kappa shape index (κ2) is 4.90. The molecule has 2 heteroatoms. The Kier molecular flexibility index (Phi) is 3.52. The largest absolute Gasteiger partial charge is 0.0836 e. The first-order chi connectivity index (χ1) is 7.65. The zero-order chi connectivity index (χ0) is 11.5. The molecule has 0 amide bonds. The summed E-state index contributed by atoms with van der Waals surface area (Å²) in [7, 11) is 0. The smallest absolute Gasteiger partial charge is 0.0535 e. The van der Waals surface area contributed by atoms with Crippen molar-refractivity contribution in [3.63, 3.8) is 0 Å². The Morgan fingerprint density at radius 2 is 1.69 bits per heavy atom. The third kappa shape index (κ3) is 2.78. The van der Waals surface area contributed by atoms with Gasteiger partial charge in [0.15, 0.2) is 0 Å². The average molecular weight is 250 g/mol. The minimum atomic E-state index is 0.553. The highest BCUT2D eigenvalue weighted by atomic mass is 35.5. The van der Waals surface area contributed by atoms with Crippen LogP contribution in [-0.2, 0) is 6.42 Å². The molecule has 0 N–H and O–H groups in total. The van der Waals surface area contributed by atoms with E-state index in [4.69, 9.17) is 23.2 Å². The van der Waals surface area contributed by atoms with E-state index in [0.717, 1.165) is 12.0 Å². The number of hydrogen-bond acceptors (Lipinski definition) is 0. The molecule has 81 valence electrons. The fraction of sp³-hybridized carbons (Fsp3) is 0.143. The molecule has 0 saturated heterocycles. The third-order valence-corrected chi connectivity index (χ3v) is 3.01. The van der Waals surface area contributed by atoms with Crippen LogP contribution in [0.1, 0.15) is 16.7 Å². The molecule has 0 aromatic heterocycles. The molecule has 0 nitrogen and oxygen atoms in total. The fourth-order valence-corrected chi connectivity index (χ4v) is 1.97. The Labute approximate surface area is 106 Å². The summed E-state index contributed by atoms with van der Waals surface area (Å²) in [4.78, 5) is 0. The highest BCUT2D eigenvalue weighted by Gasteiger charge is 2.02. The van der Waals surface area contributed by atoms with E-state index < -0.39 is 0 Å². The van der Waals surface area contributed by atoms with Gasteiger partial charge >= 0.3 is 0 Å². The predicted molar refractivity (Wildman–Crippen MR) is 69.3 cm³/mol. The molecule has 0 atom stereocenters. The standard InChI is InChI=1S/C14H11Cl2/c1-10-2-4-11(5-3-10)8-12-6-7-13(15)9-14(12)16/h2-7H,8H2,1H3. The Morgan fingerprint density at radius 3 is 2.31 bits per heavy atom. The highest BCUT2D eigenvalue weighted by Crippen LogP contribution is 2.22. The molecular formula is C14H11Cl2. The molecule has 0 aliphatic carbocycles. The van der Waals surface area contributed by atoms with E-state index in [0.29, 0.717) is 10.0 Å². The molecule has 0 saturated carbocycles. The maximum Gasteiger partial charge on any atom is 0.0535 e. The van der Waals surface area contributed by atoms with E-state index in [-0.39, 0.29) is 0 Å². The second-order valence-electron chi connectivity index (χ2n) is 3.81. The van der Waals surface area contributed by atoms with Crippen LogP contribution in [0.2, 0.25) is 10.0 Å². The van der Waals surface area contributed by atoms with Crippen molar-refractivity contribution >= 4 is 23.2 Å². The van der Waals surface area contributed by atoms with Crippen molar-refractivity contribution in [3.8, 4) is 0 Å². The lowest BCUT2D eigenvalue weighted by Crippen LogP contribution is -1.89. The summed E-state index contributed by atoms with van der Waals surface area (Å²) in [5.74, 6) is 0. The first kappa shape index (κ1) is 11.5. The summed E-state index contributed by atoms with van der Waals surface area (Å²) >= 11 is 11.9. The minimum absolute atomic E-state index is 0.553. The van der Waals surface area contributed by atoms with E-state index in [1.54, 1.807) is 0 Å². The van der Waals surface area contributed by atoms with Gasteiger partial charge in [-0.25, -0.2) is 0 Å². The van der Waals surface area contributed by atoms with Crippen LogP contribution in [0.4, 0.5) is 0 Å². The molecule has 0 heterocycles. The van der Waals surface area contributed by atoms with Crippen molar-refractivity contribution in [2.45, 2.75) is 13.3 Å². The number of hydrogen-bond donors (Lipinski definition) is 0. The lowest BCUT2D eigenvalue weighted by Gasteiger charge is -2.05. The first-order valence-electron chi connectivity index (χ1n) is 5.07. The van der Waals surface area contributed by atoms with Crippen molar-refractivity contribution in [2.24, 2.45) is 0 Å². The van der Waals surface area contributed by atoms with E-state index in [1.807, 2.05) is 12.1 Å². The maximum absolute atomic E-state index is 6.07. The molecule has 2 aromatic carbocycles. The third-order valence-electron chi connectivity index (χ3n) is 2.46. The lowest BCUT2D eigenvalue weighted by molar-refractivity contribution is 1.19. The number of rotatable bonds is 2. The van der Waals surface area contributed by atoms with Crippen LogP contribution in [0.15, 0.2) is 36.4 Å². The van der Waals surface area contributed by atoms with E-state index >= 15 is 0 Å². The quantitative estimate of drug-likeness (QED) is 0.725. The summed E-state index contributed by atoms with van der Waals surface area (Å²) in [5, 5.41) is 1.16. The Bertz CT molecular complexity index is 487. The normalized spacial score (nSPS) is 10.4. The van der Waals surface area contributed by atoms with Crippen LogP contribution in [-0.4, -0.2) is 0 Å². The molecule has 0 aliphatic heterocycles. The van der Waals surface area contributed by atoms with E-state index in [1.165, 1.54) is 11.1 Å². The molecule has 0 fully saturated rings. The van der Waals surface area contributed by atoms with Gasteiger partial charge in [0.25, 0.3) is 0 Å². The van der Waals surface area contributed by atoms with Gasteiger partial charge < -0.3 is 0 Å². The summed E-state index contributed by atoms with van der Waals surface area (Å²) in [6.07, 6.45) is 0.812. The van der Waals surface area contributed by atoms with Crippen molar-refractivity contribution in [2.75, 3.05) is 0 Å². The van der Waals surface area contributed by atoms with Crippen LogP contribution < -0.4 is 0 Å². The molecule has 0 aliphatic rings. The van der Waals surface area contributed by atoms with Crippen molar-refractivity contribution < 1.29 is 0 Å². The van der Waals surface area contributed by atoms with Gasteiger partial charge in [-0.05, 0) is 30.5 Å². The number of halogens is 2. The maximum atomic E-state index is 6.07. The lowest BCUT2D eigenvalue weighted by atomic mass is 10.0. The van der Waals surface area contributed by atoms with Gasteiger partial charge in [-0.1, -0.05) is 59.1 Å². The topological polar surface area (TPSA) is 0 Å². The van der Waals surface area contributed by atoms with Crippen LogP contribution >= 0.6 is 23.2 Å². The Hall–Kier alpha value is -0.980. The summed E-state index contributed by atoms with van der Waals surface area (Å²) in [6.45, 7) is 2.08. The van der Waals surface area contributed by atoms with Gasteiger partial charge in [0.05, 0.1) is 10.0 Å². The fourth-order valence-electron chi connectivity index (χ4n) is 1.54. The molecule has 0 unspecified atom stereocenters. The molecule has 0 bridgehead atoms. The first-order valence-corrected chi connectivity index (χ1v) is 5.82. The van der Waals surface area contributed by atoms with Crippen molar-refractivity contribution in [1.29, 1.82) is 0 Å².